The van der Waals surface area contributed by atoms with Gasteiger partial charge in [-0.1, -0.05) is 6.42 Å². The van der Waals surface area contributed by atoms with Gasteiger partial charge in [0.2, 0.25) is 5.91 Å². The second-order valence-corrected chi connectivity index (χ2v) is 4.21. The molecule has 0 aliphatic carbocycles. The number of aliphatic imine (C=N–C) groups is 1. The van der Waals surface area contributed by atoms with Gasteiger partial charge in [0, 0.05) is 52.8 Å². The monoisotopic (exact) mass is 327 g/mol. The summed E-state index contributed by atoms with van der Waals surface area (Å²) in [6.07, 6.45) is 5.15. The third kappa shape index (κ3) is 8.30. The van der Waals surface area contributed by atoms with E-state index >= 15 is 0 Å². The normalized spacial score (nSPS) is 19.7. The Kier molecular flexibility index (Phi) is 11.1. The first kappa shape index (κ1) is 18.2. The van der Waals surface area contributed by atoms with Gasteiger partial charge in [0.15, 0.2) is 0 Å². The Labute approximate surface area is 135 Å². The van der Waals surface area contributed by atoms with E-state index in [1.807, 2.05) is 4.90 Å². The molecule has 0 atom stereocenters. The summed E-state index contributed by atoms with van der Waals surface area (Å²) in [5.74, 6) is 0.0903. The van der Waals surface area contributed by atoms with E-state index in [0.29, 0.717) is 6.54 Å². The molecule has 2 rings (SSSR count). The number of nitrogens with one attached hydrogen (secondary N) is 1. The molecule has 2 heterocycles. The van der Waals surface area contributed by atoms with Gasteiger partial charge in [0.1, 0.15) is 0 Å². The summed E-state index contributed by atoms with van der Waals surface area (Å²) < 4.78 is 0. The van der Waals surface area contributed by atoms with Crippen LogP contribution in [0.4, 0.5) is 0 Å². The van der Waals surface area contributed by atoms with Crippen LogP contribution in [0.2, 0.25) is 0 Å². The number of carbonyl (C=O) groups excluding carboxylic acids is 1. The molecule has 2 aliphatic rings. The molecule has 1 amide bonds. The van der Waals surface area contributed by atoms with Gasteiger partial charge in [-0.15, -0.1) is 0 Å². The SMILES string of the molecule is [C-]1=NCCC1.[CH2-]N1CCN(CC(=O)NC)CC1.[Y]. The molecule has 1 radical (unpaired) electrons. The molecule has 0 spiro atoms. The molecule has 0 aromatic carbocycles. The second-order valence-electron chi connectivity index (χ2n) is 4.21. The molecule has 0 aromatic rings. The minimum Gasteiger partial charge on any atom is -0.503 e. The minimum absolute atomic E-state index is 0. The van der Waals surface area contributed by atoms with Gasteiger partial charge in [-0.25, -0.2) is 0 Å². The molecule has 0 unspecified atom stereocenters. The molecule has 0 bridgehead atoms. The van der Waals surface area contributed by atoms with Crippen LogP contribution in [0.25, 0.3) is 0 Å². The fraction of sp³-hybridized carbons (Fsp3) is 0.750. The van der Waals surface area contributed by atoms with E-state index in [1.165, 1.54) is 6.42 Å². The maximum Gasteiger partial charge on any atom is 0.233 e. The molecule has 1 saturated heterocycles. The Morgan fingerprint density at radius 3 is 2.44 bits per heavy atom. The van der Waals surface area contributed by atoms with Gasteiger partial charge >= 0.3 is 0 Å². The van der Waals surface area contributed by atoms with E-state index in [4.69, 9.17) is 0 Å². The Hall–Kier alpha value is 0.164. The van der Waals surface area contributed by atoms with Crippen LogP contribution in [0.5, 0.6) is 0 Å². The molecule has 2 aliphatic heterocycles. The van der Waals surface area contributed by atoms with Gasteiger partial charge < -0.3 is 21.4 Å². The number of amides is 1. The zero-order valence-corrected chi connectivity index (χ0v) is 14.0. The number of piperazine rings is 1. The van der Waals surface area contributed by atoms with Crippen LogP contribution >= 0.6 is 0 Å². The third-order valence-electron chi connectivity index (χ3n) is 2.78. The van der Waals surface area contributed by atoms with Crippen molar-refractivity contribution >= 4 is 12.1 Å². The summed E-state index contributed by atoms with van der Waals surface area (Å²) in [5.41, 5.74) is 0. The largest absolute Gasteiger partial charge is 0.503 e. The Morgan fingerprint density at radius 2 is 2.06 bits per heavy atom. The number of carbonyl (C=O) groups is 1. The summed E-state index contributed by atoms with van der Waals surface area (Å²) in [6, 6.07) is 0. The first-order valence-electron chi connectivity index (χ1n) is 6.10. The van der Waals surface area contributed by atoms with E-state index in [1.54, 1.807) is 7.05 Å². The predicted octanol–water partition coefficient (Wildman–Crippen LogP) is -0.133. The average molecular weight is 327 g/mol. The standard InChI is InChI=1S/C8H16N3O.C4H6N.Y/c1-9-8(12)7-11-5-3-10(2)4-6-11;1-2-4-5-3-1;/h2-7H2,1H3,(H,9,12);1-3H2;/q2*-1;. The van der Waals surface area contributed by atoms with Crippen molar-refractivity contribution in [3.8, 4) is 0 Å². The first-order valence-corrected chi connectivity index (χ1v) is 6.10. The van der Waals surface area contributed by atoms with Crippen LogP contribution in [0.1, 0.15) is 12.8 Å². The van der Waals surface area contributed by atoms with E-state index < -0.39 is 0 Å². The summed E-state index contributed by atoms with van der Waals surface area (Å²) >= 11 is 0. The van der Waals surface area contributed by atoms with Crippen molar-refractivity contribution in [3.05, 3.63) is 7.05 Å². The number of hydrogen-bond donors (Lipinski definition) is 1. The van der Waals surface area contributed by atoms with Gasteiger partial charge in [0.25, 0.3) is 0 Å². The van der Waals surface area contributed by atoms with Crippen molar-refractivity contribution in [1.29, 1.82) is 0 Å². The van der Waals surface area contributed by atoms with E-state index in [2.05, 4.69) is 28.5 Å². The Morgan fingerprint density at radius 1 is 1.39 bits per heavy atom. The zero-order valence-electron chi connectivity index (χ0n) is 11.2. The van der Waals surface area contributed by atoms with Crippen LogP contribution in [0.3, 0.4) is 0 Å². The van der Waals surface area contributed by atoms with Crippen molar-refractivity contribution in [1.82, 2.24) is 15.1 Å². The quantitative estimate of drug-likeness (QED) is 0.719. The number of rotatable bonds is 2. The van der Waals surface area contributed by atoms with Gasteiger partial charge in [-0.05, 0) is 19.6 Å². The second kappa shape index (κ2) is 11.0. The molecule has 101 valence electrons. The summed E-state index contributed by atoms with van der Waals surface area (Å²) in [7, 11) is 5.50. The van der Waals surface area contributed by atoms with Gasteiger partial charge in [-0.2, -0.15) is 6.42 Å². The van der Waals surface area contributed by atoms with Crippen molar-refractivity contribution in [2.45, 2.75) is 12.8 Å². The number of likely N-dealkylation sites (N-methyl/N-ethyl adjacent to an activating group) is 1. The molecule has 0 aromatic heterocycles. The molecule has 1 N–H and O–H groups in total. The van der Waals surface area contributed by atoms with Gasteiger partial charge in [0.05, 0.1) is 6.54 Å². The fourth-order valence-electron chi connectivity index (χ4n) is 1.62. The van der Waals surface area contributed by atoms with Crippen LogP contribution < -0.4 is 5.32 Å². The number of hydrogen-bond acceptors (Lipinski definition) is 4. The fourth-order valence-corrected chi connectivity index (χ4v) is 1.62. The summed E-state index contributed by atoms with van der Waals surface area (Å²) in [6.45, 7) is 5.33. The third-order valence-corrected chi connectivity index (χ3v) is 2.78. The first-order chi connectivity index (χ1) is 8.22. The smallest absolute Gasteiger partial charge is 0.233 e. The van der Waals surface area contributed by atoms with Crippen molar-refractivity contribution in [2.75, 3.05) is 46.3 Å². The van der Waals surface area contributed by atoms with Gasteiger partial charge in [-0.3, -0.25) is 16.7 Å². The Bertz CT molecular complexity index is 246. The predicted molar refractivity (Wildman–Crippen MR) is 69.0 cm³/mol. The van der Waals surface area contributed by atoms with Crippen molar-refractivity contribution in [3.63, 3.8) is 0 Å². The zero-order chi connectivity index (χ0) is 12.5. The molecule has 0 saturated carbocycles. The summed E-state index contributed by atoms with van der Waals surface area (Å²) in [4.78, 5) is 19.0. The van der Waals surface area contributed by atoms with E-state index in [-0.39, 0.29) is 38.6 Å². The maximum absolute atomic E-state index is 11.0. The number of nitrogens with zero attached hydrogens (tertiary/aromatic N) is 3. The molecule has 5 nitrogen and oxygen atoms in total. The van der Waals surface area contributed by atoms with Crippen LogP contribution in [-0.4, -0.2) is 68.2 Å². The summed E-state index contributed by atoms with van der Waals surface area (Å²) in [5, 5.41) is 2.61. The Balaban J connectivity index is 0.000000405. The molecule has 6 heteroatoms. The molecule has 1 fully saturated rings. The average Bonchev–Trinajstić information content (AvgIpc) is 2.91. The van der Waals surface area contributed by atoms with E-state index in [0.717, 1.165) is 39.1 Å². The maximum atomic E-state index is 11.0. The van der Waals surface area contributed by atoms with Crippen molar-refractivity contribution in [2.24, 2.45) is 4.99 Å². The molecule has 18 heavy (non-hydrogen) atoms. The molecular weight excluding hydrogens is 305 g/mol. The van der Waals surface area contributed by atoms with Crippen LogP contribution in [0, 0.1) is 7.05 Å². The topological polar surface area (TPSA) is 47.9 Å². The molecular formula is C12H22N4OY-2. The van der Waals surface area contributed by atoms with Crippen molar-refractivity contribution < 1.29 is 37.5 Å². The van der Waals surface area contributed by atoms with Crippen LogP contribution in [-0.2, 0) is 37.5 Å². The van der Waals surface area contributed by atoms with Crippen LogP contribution in [0.15, 0.2) is 4.99 Å². The minimum atomic E-state index is 0. The van der Waals surface area contributed by atoms with E-state index in [9.17, 15) is 4.79 Å².